The third-order valence-corrected chi connectivity index (χ3v) is 9.19. The maximum Gasteiger partial charge on any atom is 0.120 e. The molecule has 7 atom stereocenters. The van der Waals surface area contributed by atoms with Crippen molar-refractivity contribution in [1.29, 1.82) is 0 Å². The van der Waals surface area contributed by atoms with Crippen molar-refractivity contribution in [3.05, 3.63) is 12.2 Å². The lowest BCUT2D eigenvalue weighted by atomic mass is 9.44. The Labute approximate surface area is 142 Å². The Morgan fingerprint density at radius 1 is 1.04 bits per heavy atom. The fourth-order valence-electron chi connectivity index (χ4n) is 7.77. The largest absolute Gasteiger partial charge is 0.303 e. The molecule has 1 nitrogen and oxygen atoms in total. The SMILES string of the molecule is C=C1CCC2(C)C(CCC3C4CCC(CC=O)C4(C)CCC32)C1. The molecule has 23 heavy (non-hydrogen) atoms. The van der Waals surface area contributed by atoms with Gasteiger partial charge in [-0.3, -0.25) is 0 Å². The molecule has 0 saturated heterocycles. The van der Waals surface area contributed by atoms with Gasteiger partial charge >= 0.3 is 0 Å². The van der Waals surface area contributed by atoms with Crippen molar-refractivity contribution in [1.82, 2.24) is 0 Å². The molecule has 128 valence electrons. The highest BCUT2D eigenvalue weighted by Gasteiger charge is 2.59. The van der Waals surface area contributed by atoms with Crippen molar-refractivity contribution in [2.45, 2.75) is 78.1 Å². The van der Waals surface area contributed by atoms with Gasteiger partial charge in [0.25, 0.3) is 0 Å². The topological polar surface area (TPSA) is 17.1 Å². The van der Waals surface area contributed by atoms with Crippen LogP contribution in [-0.4, -0.2) is 6.29 Å². The zero-order valence-electron chi connectivity index (χ0n) is 15.2. The van der Waals surface area contributed by atoms with E-state index in [1.54, 1.807) is 0 Å². The molecule has 0 aromatic carbocycles. The number of carbonyl (C=O) groups is 1. The average molecular weight is 315 g/mol. The Morgan fingerprint density at radius 3 is 2.61 bits per heavy atom. The zero-order valence-corrected chi connectivity index (χ0v) is 15.2. The first-order valence-corrected chi connectivity index (χ1v) is 10.1. The maximum absolute atomic E-state index is 11.1. The monoisotopic (exact) mass is 314 g/mol. The minimum Gasteiger partial charge on any atom is -0.303 e. The van der Waals surface area contributed by atoms with E-state index < -0.39 is 0 Å². The molecule has 1 heteroatoms. The summed E-state index contributed by atoms with van der Waals surface area (Å²) in [4.78, 5) is 11.1. The Kier molecular flexibility index (Phi) is 3.78. The summed E-state index contributed by atoms with van der Waals surface area (Å²) in [5.41, 5.74) is 2.55. The summed E-state index contributed by atoms with van der Waals surface area (Å²) in [5, 5.41) is 0. The molecular formula is C22H34O. The highest BCUT2D eigenvalue weighted by atomic mass is 16.1. The average Bonchev–Trinajstić information content (AvgIpc) is 2.85. The van der Waals surface area contributed by atoms with Gasteiger partial charge in [-0.1, -0.05) is 26.0 Å². The summed E-state index contributed by atoms with van der Waals surface area (Å²) < 4.78 is 0. The first kappa shape index (κ1) is 15.9. The number of carbonyl (C=O) groups excluding carboxylic acids is 1. The van der Waals surface area contributed by atoms with E-state index >= 15 is 0 Å². The van der Waals surface area contributed by atoms with Crippen molar-refractivity contribution < 1.29 is 4.79 Å². The van der Waals surface area contributed by atoms with E-state index in [0.717, 1.165) is 30.1 Å². The molecule has 4 rings (SSSR count). The van der Waals surface area contributed by atoms with Crippen LogP contribution in [0.2, 0.25) is 0 Å². The second-order valence-electron chi connectivity index (χ2n) is 9.83. The van der Waals surface area contributed by atoms with E-state index in [1.165, 1.54) is 69.6 Å². The maximum atomic E-state index is 11.1. The third-order valence-electron chi connectivity index (χ3n) is 9.19. The number of rotatable bonds is 2. The Morgan fingerprint density at radius 2 is 1.83 bits per heavy atom. The quantitative estimate of drug-likeness (QED) is 0.465. The highest BCUT2D eigenvalue weighted by molar-refractivity contribution is 5.50. The predicted molar refractivity (Wildman–Crippen MR) is 95.0 cm³/mol. The predicted octanol–water partition coefficient (Wildman–Crippen LogP) is 5.79. The van der Waals surface area contributed by atoms with Gasteiger partial charge in [-0.15, -0.1) is 0 Å². The third kappa shape index (κ3) is 2.21. The molecule has 0 aliphatic heterocycles. The Hall–Kier alpha value is -0.590. The number of fused-ring (bicyclic) bond motifs is 5. The summed E-state index contributed by atoms with van der Waals surface area (Å²) in [6.45, 7) is 9.46. The van der Waals surface area contributed by atoms with Gasteiger partial charge < -0.3 is 4.79 Å². The molecule has 0 radical (unpaired) electrons. The second-order valence-corrected chi connectivity index (χ2v) is 9.83. The molecule has 0 heterocycles. The van der Waals surface area contributed by atoms with E-state index in [9.17, 15) is 4.79 Å². The number of hydrogen-bond donors (Lipinski definition) is 0. The first-order valence-electron chi connectivity index (χ1n) is 10.1. The molecule has 4 aliphatic rings. The summed E-state index contributed by atoms with van der Waals surface area (Å²) in [5.74, 6) is 4.36. The van der Waals surface area contributed by atoms with Crippen LogP contribution in [0.25, 0.3) is 0 Å². The zero-order chi connectivity index (χ0) is 16.2. The van der Waals surface area contributed by atoms with Crippen molar-refractivity contribution in [3.63, 3.8) is 0 Å². The van der Waals surface area contributed by atoms with Crippen LogP contribution in [-0.2, 0) is 4.79 Å². The smallest absolute Gasteiger partial charge is 0.120 e. The Bertz CT molecular complexity index is 508. The minimum absolute atomic E-state index is 0.462. The number of hydrogen-bond acceptors (Lipinski definition) is 1. The van der Waals surface area contributed by atoms with Gasteiger partial charge in [-0.2, -0.15) is 0 Å². The van der Waals surface area contributed by atoms with Crippen LogP contribution in [0.15, 0.2) is 12.2 Å². The van der Waals surface area contributed by atoms with Gasteiger partial charge in [0.2, 0.25) is 0 Å². The van der Waals surface area contributed by atoms with Crippen molar-refractivity contribution >= 4 is 6.29 Å². The van der Waals surface area contributed by atoms with Crippen molar-refractivity contribution in [3.8, 4) is 0 Å². The van der Waals surface area contributed by atoms with Crippen LogP contribution in [0.3, 0.4) is 0 Å². The molecule has 0 N–H and O–H groups in total. The standard InChI is InChI=1S/C22H34O/c1-15-8-11-22(3)17(14-15)4-6-18-19-7-5-16(10-13-23)21(19,2)12-9-20(18)22/h13,16-20H,1,4-12,14H2,2-3H3. The normalized spacial score (nSPS) is 52.4. The minimum atomic E-state index is 0.462. The van der Waals surface area contributed by atoms with E-state index in [0.29, 0.717) is 16.7 Å². The Balaban J connectivity index is 1.60. The van der Waals surface area contributed by atoms with Gasteiger partial charge in [-0.05, 0) is 98.2 Å². The van der Waals surface area contributed by atoms with Gasteiger partial charge in [0.15, 0.2) is 0 Å². The van der Waals surface area contributed by atoms with Gasteiger partial charge in [-0.25, -0.2) is 0 Å². The molecule has 0 bridgehead atoms. The lowest BCUT2D eigenvalue weighted by Crippen LogP contribution is -2.52. The fraction of sp³-hybridized carbons (Fsp3) is 0.864. The van der Waals surface area contributed by atoms with E-state index in [2.05, 4.69) is 20.4 Å². The van der Waals surface area contributed by atoms with Crippen molar-refractivity contribution in [2.75, 3.05) is 0 Å². The van der Waals surface area contributed by atoms with Crippen molar-refractivity contribution in [2.24, 2.45) is 40.4 Å². The number of allylic oxidation sites excluding steroid dienone is 1. The number of aldehydes is 1. The van der Waals surface area contributed by atoms with Crippen LogP contribution in [0, 0.1) is 40.4 Å². The molecule has 4 fully saturated rings. The van der Waals surface area contributed by atoms with Gasteiger partial charge in [0.1, 0.15) is 6.29 Å². The molecule has 7 unspecified atom stereocenters. The van der Waals surface area contributed by atoms with E-state index in [1.807, 2.05) is 0 Å². The first-order chi connectivity index (χ1) is 11.0. The van der Waals surface area contributed by atoms with Gasteiger partial charge in [0, 0.05) is 6.42 Å². The molecule has 0 spiro atoms. The molecule has 0 aromatic heterocycles. The van der Waals surface area contributed by atoms with E-state index in [-0.39, 0.29) is 0 Å². The highest BCUT2D eigenvalue weighted by Crippen LogP contribution is 2.67. The summed E-state index contributed by atoms with van der Waals surface area (Å²) >= 11 is 0. The molecule has 4 aliphatic carbocycles. The van der Waals surface area contributed by atoms with Crippen LogP contribution in [0.4, 0.5) is 0 Å². The van der Waals surface area contributed by atoms with Crippen LogP contribution in [0.5, 0.6) is 0 Å². The summed E-state index contributed by atoms with van der Waals surface area (Å²) in [6.07, 6.45) is 14.3. The fourth-order valence-corrected chi connectivity index (χ4v) is 7.77. The molecule has 0 aromatic rings. The van der Waals surface area contributed by atoms with Gasteiger partial charge in [0.05, 0.1) is 0 Å². The molecule has 0 amide bonds. The molecule has 4 saturated carbocycles. The lowest BCUT2D eigenvalue weighted by Gasteiger charge is -2.60. The summed E-state index contributed by atoms with van der Waals surface area (Å²) in [7, 11) is 0. The van der Waals surface area contributed by atoms with Crippen LogP contribution in [0.1, 0.15) is 78.1 Å². The molecular weight excluding hydrogens is 280 g/mol. The van der Waals surface area contributed by atoms with Crippen LogP contribution >= 0.6 is 0 Å². The van der Waals surface area contributed by atoms with Crippen LogP contribution < -0.4 is 0 Å². The van der Waals surface area contributed by atoms with E-state index in [4.69, 9.17) is 0 Å². The second kappa shape index (κ2) is 5.46. The lowest BCUT2D eigenvalue weighted by molar-refractivity contribution is -0.115. The summed E-state index contributed by atoms with van der Waals surface area (Å²) in [6, 6.07) is 0.